The largest absolute Gasteiger partial charge is 0.397 e. The van der Waals surface area contributed by atoms with E-state index < -0.39 is 0 Å². The predicted molar refractivity (Wildman–Crippen MR) is 71.3 cm³/mol. The van der Waals surface area contributed by atoms with Crippen LogP contribution in [0.3, 0.4) is 0 Å². The molecule has 1 unspecified atom stereocenters. The molecule has 98 valence electrons. The van der Waals surface area contributed by atoms with Crippen molar-refractivity contribution < 1.29 is 4.79 Å². The molecule has 1 fully saturated rings. The normalized spacial score (nSPS) is 20.0. The number of aromatic nitrogens is 1. The van der Waals surface area contributed by atoms with Crippen LogP contribution in [0.25, 0.3) is 0 Å². The molecule has 1 amide bonds. The van der Waals surface area contributed by atoms with Gasteiger partial charge >= 0.3 is 0 Å². The van der Waals surface area contributed by atoms with Gasteiger partial charge in [-0.15, -0.1) is 0 Å². The van der Waals surface area contributed by atoms with Gasteiger partial charge in [-0.1, -0.05) is 0 Å². The number of rotatable bonds is 3. The van der Waals surface area contributed by atoms with Crippen molar-refractivity contribution in [3.63, 3.8) is 0 Å². The van der Waals surface area contributed by atoms with Gasteiger partial charge in [0.05, 0.1) is 17.4 Å². The van der Waals surface area contributed by atoms with Crippen LogP contribution in [0.4, 0.5) is 5.69 Å². The van der Waals surface area contributed by atoms with Crippen LogP contribution >= 0.6 is 0 Å². The van der Waals surface area contributed by atoms with E-state index in [9.17, 15) is 4.79 Å². The number of pyridine rings is 1. The Morgan fingerprint density at radius 2 is 2.44 bits per heavy atom. The standard InChI is InChI=1S/C13H20N4O/c1-16-7-3-4-10(16)9-17(2)13(18)11-5-6-15-8-12(11)14/h5-6,8,10H,3-4,7,9,14H2,1-2H3. The molecule has 1 saturated heterocycles. The van der Waals surface area contributed by atoms with Crippen LogP contribution in [0.2, 0.25) is 0 Å². The van der Waals surface area contributed by atoms with E-state index in [-0.39, 0.29) is 5.91 Å². The summed E-state index contributed by atoms with van der Waals surface area (Å²) < 4.78 is 0. The molecule has 0 aromatic carbocycles. The van der Waals surface area contributed by atoms with Gasteiger partial charge in [0.2, 0.25) is 0 Å². The Bertz CT molecular complexity index is 435. The quantitative estimate of drug-likeness (QED) is 0.860. The van der Waals surface area contributed by atoms with Crippen LogP contribution in [-0.2, 0) is 0 Å². The summed E-state index contributed by atoms with van der Waals surface area (Å²) in [6.07, 6.45) is 5.47. The van der Waals surface area contributed by atoms with Gasteiger partial charge in [-0.25, -0.2) is 0 Å². The minimum atomic E-state index is -0.0322. The number of nitrogen functional groups attached to an aromatic ring is 1. The Morgan fingerprint density at radius 1 is 1.67 bits per heavy atom. The third-order valence-electron chi connectivity index (χ3n) is 3.59. The third kappa shape index (κ3) is 2.61. The minimum Gasteiger partial charge on any atom is -0.397 e. The highest BCUT2D eigenvalue weighted by atomic mass is 16.2. The van der Waals surface area contributed by atoms with Crippen LogP contribution in [0.15, 0.2) is 18.5 Å². The van der Waals surface area contributed by atoms with Crippen LogP contribution in [0, 0.1) is 0 Å². The van der Waals surface area contributed by atoms with Gasteiger partial charge < -0.3 is 15.5 Å². The van der Waals surface area contributed by atoms with Gasteiger partial charge in [0, 0.05) is 25.8 Å². The molecule has 18 heavy (non-hydrogen) atoms. The lowest BCUT2D eigenvalue weighted by atomic mass is 10.1. The Balaban J connectivity index is 2.03. The van der Waals surface area contributed by atoms with E-state index >= 15 is 0 Å². The fourth-order valence-corrected chi connectivity index (χ4v) is 2.42. The van der Waals surface area contributed by atoms with E-state index in [0.717, 1.165) is 19.5 Å². The number of carbonyl (C=O) groups is 1. The maximum atomic E-state index is 12.3. The van der Waals surface area contributed by atoms with E-state index in [0.29, 0.717) is 17.3 Å². The summed E-state index contributed by atoms with van der Waals surface area (Å²) >= 11 is 0. The molecule has 0 bridgehead atoms. The third-order valence-corrected chi connectivity index (χ3v) is 3.59. The lowest BCUT2D eigenvalue weighted by Crippen LogP contribution is -2.39. The van der Waals surface area contributed by atoms with Crippen molar-refractivity contribution in [1.82, 2.24) is 14.8 Å². The van der Waals surface area contributed by atoms with E-state index in [1.165, 1.54) is 12.6 Å². The number of anilines is 1. The number of amides is 1. The van der Waals surface area contributed by atoms with Crippen LogP contribution in [0.1, 0.15) is 23.2 Å². The second-order valence-corrected chi connectivity index (χ2v) is 4.93. The molecule has 1 aromatic rings. The molecule has 0 aliphatic carbocycles. The molecule has 2 N–H and O–H groups in total. The first-order valence-electron chi connectivity index (χ1n) is 6.25. The summed E-state index contributed by atoms with van der Waals surface area (Å²) in [5, 5.41) is 0. The van der Waals surface area contributed by atoms with Crippen molar-refractivity contribution >= 4 is 11.6 Å². The van der Waals surface area contributed by atoms with Crippen molar-refractivity contribution in [3.05, 3.63) is 24.0 Å². The first-order chi connectivity index (χ1) is 8.59. The van der Waals surface area contributed by atoms with Crippen molar-refractivity contribution in [2.45, 2.75) is 18.9 Å². The summed E-state index contributed by atoms with van der Waals surface area (Å²) in [6.45, 7) is 1.86. The lowest BCUT2D eigenvalue weighted by Gasteiger charge is -2.26. The highest BCUT2D eigenvalue weighted by Crippen LogP contribution is 2.17. The number of hydrogen-bond donors (Lipinski definition) is 1. The van der Waals surface area contributed by atoms with Crippen molar-refractivity contribution in [1.29, 1.82) is 0 Å². The second-order valence-electron chi connectivity index (χ2n) is 4.93. The van der Waals surface area contributed by atoms with E-state index in [4.69, 9.17) is 5.73 Å². The Hall–Kier alpha value is -1.62. The molecule has 5 nitrogen and oxygen atoms in total. The molecule has 1 aliphatic rings. The summed E-state index contributed by atoms with van der Waals surface area (Å²) in [4.78, 5) is 20.2. The monoisotopic (exact) mass is 248 g/mol. The van der Waals surface area contributed by atoms with Gasteiger partial charge in [-0.2, -0.15) is 0 Å². The minimum absolute atomic E-state index is 0.0322. The average Bonchev–Trinajstić information content (AvgIpc) is 2.75. The number of likely N-dealkylation sites (N-methyl/N-ethyl adjacent to an activating group) is 2. The van der Waals surface area contributed by atoms with Crippen LogP contribution in [-0.4, -0.2) is 53.9 Å². The molecule has 0 saturated carbocycles. The molecular formula is C13H20N4O. The Morgan fingerprint density at radius 3 is 3.06 bits per heavy atom. The number of likely N-dealkylation sites (tertiary alicyclic amines) is 1. The summed E-state index contributed by atoms with van der Waals surface area (Å²) in [6, 6.07) is 2.13. The fraction of sp³-hybridized carbons (Fsp3) is 0.538. The van der Waals surface area contributed by atoms with Crippen molar-refractivity contribution in [3.8, 4) is 0 Å². The molecule has 1 aromatic heterocycles. The maximum absolute atomic E-state index is 12.3. The van der Waals surface area contributed by atoms with E-state index in [2.05, 4.69) is 16.9 Å². The SMILES string of the molecule is CN(CC1CCCN1C)C(=O)c1ccncc1N. The molecule has 1 atom stereocenters. The van der Waals surface area contributed by atoms with Crippen LogP contribution < -0.4 is 5.73 Å². The number of nitrogens with two attached hydrogens (primary N) is 1. The van der Waals surface area contributed by atoms with E-state index in [1.807, 2.05) is 7.05 Å². The van der Waals surface area contributed by atoms with Gasteiger partial charge in [-0.3, -0.25) is 9.78 Å². The molecule has 2 rings (SSSR count). The Kier molecular flexibility index (Phi) is 3.81. The van der Waals surface area contributed by atoms with Crippen LogP contribution in [0.5, 0.6) is 0 Å². The Labute approximate surface area is 108 Å². The smallest absolute Gasteiger partial charge is 0.255 e. The highest BCUT2D eigenvalue weighted by molar-refractivity contribution is 5.98. The summed E-state index contributed by atoms with van der Waals surface area (Å²) in [7, 11) is 3.94. The fourth-order valence-electron chi connectivity index (χ4n) is 2.42. The average molecular weight is 248 g/mol. The van der Waals surface area contributed by atoms with Crippen molar-refractivity contribution in [2.75, 3.05) is 32.9 Å². The number of carbonyl (C=O) groups excluding carboxylic acids is 1. The lowest BCUT2D eigenvalue weighted by molar-refractivity contribution is 0.0762. The topological polar surface area (TPSA) is 62.5 Å². The highest BCUT2D eigenvalue weighted by Gasteiger charge is 2.24. The zero-order valence-electron chi connectivity index (χ0n) is 11.0. The molecule has 5 heteroatoms. The molecule has 0 spiro atoms. The molecule has 2 heterocycles. The van der Waals surface area contributed by atoms with Crippen molar-refractivity contribution in [2.24, 2.45) is 0 Å². The maximum Gasteiger partial charge on any atom is 0.255 e. The second kappa shape index (κ2) is 5.35. The number of hydrogen-bond acceptors (Lipinski definition) is 4. The first kappa shape index (κ1) is 12.8. The van der Waals surface area contributed by atoms with E-state index in [1.54, 1.807) is 17.2 Å². The molecule has 0 radical (unpaired) electrons. The zero-order valence-corrected chi connectivity index (χ0v) is 11.0. The van der Waals surface area contributed by atoms with Gasteiger partial charge in [0.1, 0.15) is 0 Å². The van der Waals surface area contributed by atoms with Gasteiger partial charge in [0.15, 0.2) is 0 Å². The first-order valence-corrected chi connectivity index (χ1v) is 6.25. The summed E-state index contributed by atoms with van der Waals surface area (Å²) in [5.41, 5.74) is 6.75. The number of nitrogens with zero attached hydrogens (tertiary/aromatic N) is 3. The predicted octanol–water partition coefficient (Wildman–Crippen LogP) is 0.830. The molecular weight excluding hydrogens is 228 g/mol. The molecule has 1 aliphatic heterocycles. The zero-order chi connectivity index (χ0) is 13.1. The summed E-state index contributed by atoms with van der Waals surface area (Å²) in [5.74, 6) is -0.0322. The van der Waals surface area contributed by atoms with Gasteiger partial charge in [-0.05, 0) is 32.5 Å². The van der Waals surface area contributed by atoms with Gasteiger partial charge in [0.25, 0.3) is 5.91 Å².